The fourth-order valence-electron chi connectivity index (χ4n) is 5.47. The molecule has 5 aliphatic rings. The van der Waals surface area contributed by atoms with Gasteiger partial charge in [0.1, 0.15) is 22.8 Å². The van der Waals surface area contributed by atoms with Crippen LogP contribution in [0.3, 0.4) is 0 Å². The van der Waals surface area contributed by atoms with Crippen molar-refractivity contribution in [2.24, 2.45) is 5.41 Å². The van der Waals surface area contributed by atoms with Gasteiger partial charge in [-0.3, -0.25) is 9.59 Å². The molecule has 7 heteroatoms. The zero-order valence-corrected chi connectivity index (χ0v) is 21.3. The maximum absolute atomic E-state index is 14.8. The van der Waals surface area contributed by atoms with E-state index in [0.717, 1.165) is 50.5 Å². The van der Waals surface area contributed by atoms with Gasteiger partial charge in [0.15, 0.2) is 0 Å². The Balaban J connectivity index is 0.000000364. The predicted molar refractivity (Wildman–Crippen MR) is 130 cm³/mol. The van der Waals surface area contributed by atoms with E-state index in [9.17, 15) is 18.4 Å². The molecule has 5 fully saturated rings. The molecule has 4 aliphatic carbocycles. The van der Waals surface area contributed by atoms with E-state index in [1.807, 2.05) is 20.8 Å². The maximum atomic E-state index is 14.8. The second kappa shape index (κ2) is 10.1. The third kappa shape index (κ3) is 6.34. The Labute approximate surface area is 207 Å². The van der Waals surface area contributed by atoms with Crippen LogP contribution in [0.25, 0.3) is 0 Å². The number of amides is 1. The van der Waals surface area contributed by atoms with E-state index in [0.29, 0.717) is 57.1 Å². The Morgan fingerprint density at radius 2 is 1.69 bits per heavy atom. The largest absolute Gasteiger partial charge is 0.493 e. The molecule has 1 amide bonds. The van der Waals surface area contributed by atoms with Crippen molar-refractivity contribution in [3.63, 3.8) is 0 Å². The lowest BCUT2D eigenvalue weighted by Crippen LogP contribution is -2.46. The van der Waals surface area contributed by atoms with Gasteiger partial charge in [-0.15, -0.1) is 0 Å². The number of hydrogen-bond acceptors (Lipinski definition) is 4. The Morgan fingerprint density at radius 3 is 2.17 bits per heavy atom. The van der Waals surface area contributed by atoms with E-state index in [2.05, 4.69) is 4.74 Å². The number of fused-ring (bicyclic) bond motifs is 3. The number of benzene rings is 1. The summed E-state index contributed by atoms with van der Waals surface area (Å²) in [6.45, 7) is 7.88. The van der Waals surface area contributed by atoms with E-state index < -0.39 is 11.5 Å². The Hall–Kier alpha value is -2.18. The first-order valence-corrected chi connectivity index (χ1v) is 13.1. The summed E-state index contributed by atoms with van der Waals surface area (Å²) in [6, 6.07) is 3.17. The number of nitrogens with zero attached hydrogens (tertiary/aromatic N) is 1. The molecule has 6 rings (SSSR count). The van der Waals surface area contributed by atoms with Crippen molar-refractivity contribution in [1.29, 1.82) is 0 Å². The van der Waals surface area contributed by atoms with E-state index in [4.69, 9.17) is 4.74 Å². The van der Waals surface area contributed by atoms with Crippen molar-refractivity contribution in [3.05, 3.63) is 29.1 Å². The number of alkyl halides is 1. The summed E-state index contributed by atoms with van der Waals surface area (Å²) >= 11 is 0. The molecule has 0 N–H and O–H groups in total. The van der Waals surface area contributed by atoms with Gasteiger partial charge in [-0.2, -0.15) is 0 Å². The molecule has 1 aromatic carbocycles. The van der Waals surface area contributed by atoms with Gasteiger partial charge in [0.2, 0.25) is 0 Å². The highest BCUT2D eigenvalue weighted by atomic mass is 19.1. The van der Waals surface area contributed by atoms with Crippen LogP contribution < -0.4 is 4.74 Å². The van der Waals surface area contributed by atoms with Gasteiger partial charge >= 0.3 is 0 Å². The molecule has 35 heavy (non-hydrogen) atoms. The minimum Gasteiger partial charge on any atom is -0.493 e. The normalized spacial score (nSPS) is 27.7. The summed E-state index contributed by atoms with van der Waals surface area (Å²) in [4.78, 5) is 24.1. The van der Waals surface area contributed by atoms with Crippen LogP contribution in [0.4, 0.5) is 8.78 Å². The quantitative estimate of drug-likeness (QED) is 0.436. The Bertz CT molecular complexity index is 907. The second-order valence-electron chi connectivity index (χ2n) is 11.9. The highest BCUT2D eigenvalue weighted by molar-refractivity contribution is 5.95. The number of halogens is 2. The van der Waals surface area contributed by atoms with Crippen molar-refractivity contribution in [2.45, 2.75) is 102 Å². The summed E-state index contributed by atoms with van der Waals surface area (Å²) in [7, 11) is 0. The highest BCUT2D eigenvalue weighted by Gasteiger charge is 2.49. The van der Waals surface area contributed by atoms with E-state index in [1.54, 1.807) is 11.0 Å². The van der Waals surface area contributed by atoms with Crippen molar-refractivity contribution in [1.82, 2.24) is 4.90 Å². The molecule has 0 spiro atoms. The standard InChI is InChI=1S/C23H29F2NO2.C5H10O2/c24-19-14-20(28-15-22-5-8-23(25,9-6-22)10-7-22)17(16-3-4-16)13-18(19)21(27)26-11-1-2-12-26;1-5(2,3)7-4-6/h13-14,16H,1-12,15H2;4H,1-3H3. The van der Waals surface area contributed by atoms with Crippen LogP contribution in [-0.2, 0) is 9.53 Å². The fraction of sp³-hybridized carbons (Fsp3) is 0.714. The van der Waals surface area contributed by atoms with Gasteiger partial charge < -0.3 is 14.4 Å². The van der Waals surface area contributed by atoms with E-state index >= 15 is 0 Å². The lowest BCUT2D eigenvalue weighted by molar-refractivity contribution is -0.138. The summed E-state index contributed by atoms with van der Waals surface area (Å²) < 4.78 is 40.0. The van der Waals surface area contributed by atoms with Gasteiger partial charge in [-0.05, 0) is 103 Å². The monoisotopic (exact) mass is 491 g/mol. The van der Waals surface area contributed by atoms with E-state index in [-0.39, 0.29) is 22.5 Å². The molecule has 1 heterocycles. The van der Waals surface area contributed by atoms with Crippen LogP contribution in [0, 0.1) is 11.2 Å². The molecule has 0 atom stereocenters. The predicted octanol–water partition coefficient (Wildman–Crippen LogP) is 6.34. The summed E-state index contributed by atoms with van der Waals surface area (Å²) in [5.41, 5.74) is -0.0692. The van der Waals surface area contributed by atoms with Gasteiger partial charge in [0, 0.05) is 24.6 Å². The smallest absolute Gasteiger partial charge is 0.293 e. The average Bonchev–Trinajstić information content (AvgIpc) is 3.50. The van der Waals surface area contributed by atoms with Gasteiger partial charge in [0.05, 0.1) is 12.2 Å². The van der Waals surface area contributed by atoms with E-state index in [1.165, 1.54) is 6.07 Å². The number of carbonyl (C=O) groups excluding carboxylic acids is 2. The molecule has 1 aliphatic heterocycles. The second-order valence-corrected chi connectivity index (χ2v) is 11.9. The zero-order chi connectivity index (χ0) is 25.3. The molecule has 0 aromatic heterocycles. The van der Waals surface area contributed by atoms with Gasteiger partial charge in [-0.1, -0.05) is 0 Å². The van der Waals surface area contributed by atoms with Crippen LogP contribution in [0.2, 0.25) is 0 Å². The molecule has 194 valence electrons. The molecular weight excluding hydrogens is 452 g/mol. The lowest BCUT2D eigenvalue weighted by Gasteiger charge is -2.49. The third-order valence-electron chi connectivity index (χ3n) is 7.99. The SMILES string of the molecule is CC(C)(C)OC=O.O=C(c1cc(C2CC2)c(OCC23CCC(F)(CC2)CC3)cc1F)N1CCCC1. The molecular formula is C28H39F2NO4. The van der Waals surface area contributed by atoms with Crippen molar-refractivity contribution in [3.8, 4) is 5.75 Å². The zero-order valence-electron chi connectivity index (χ0n) is 21.3. The molecule has 1 aromatic rings. The molecule has 2 bridgehead atoms. The first kappa shape index (κ1) is 25.9. The van der Waals surface area contributed by atoms with Crippen LogP contribution in [0.15, 0.2) is 12.1 Å². The number of hydrogen-bond donors (Lipinski definition) is 0. The van der Waals surface area contributed by atoms with Crippen molar-refractivity contribution < 1.29 is 27.8 Å². The summed E-state index contributed by atoms with van der Waals surface area (Å²) in [5, 5.41) is 0. The Kier molecular flexibility index (Phi) is 7.44. The fourth-order valence-corrected chi connectivity index (χ4v) is 5.47. The number of rotatable bonds is 6. The molecule has 4 saturated carbocycles. The van der Waals surface area contributed by atoms with Crippen LogP contribution in [0.5, 0.6) is 5.75 Å². The van der Waals surface area contributed by atoms with Crippen LogP contribution in [-0.4, -0.2) is 48.2 Å². The average molecular weight is 492 g/mol. The first-order valence-electron chi connectivity index (χ1n) is 13.1. The number of likely N-dealkylation sites (tertiary alicyclic amines) is 1. The molecule has 0 radical (unpaired) electrons. The van der Waals surface area contributed by atoms with Crippen LogP contribution >= 0.6 is 0 Å². The van der Waals surface area contributed by atoms with Crippen molar-refractivity contribution in [2.75, 3.05) is 19.7 Å². The van der Waals surface area contributed by atoms with Gasteiger partial charge in [0.25, 0.3) is 12.4 Å². The first-order chi connectivity index (χ1) is 16.5. The highest BCUT2D eigenvalue weighted by Crippen LogP contribution is 2.54. The molecule has 5 nitrogen and oxygen atoms in total. The summed E-state index contributed by atoms with van der Waals surface area (Å²) in [6.07, 6.45) is 8.57. The third-order valence-corrected chi connectivity index (χ3v) is 7.99. The van der Waals surface area contributed by atoms with Crippen LogP contribution in [0.1, 0.15) is 107 Å². The Morgan fingerprint density at radius 1 is 1.09 bits per heavy atom. The molecule has 1 saturated heterocycles. The minimum atomic E-state index is -0.954. The number of carbonyl (C=O) groups is 2. The van der Waals surface area contributed by atoms with Gasteiger partial charge in [-0.25, -0.2) is 8.78 Å². The molecule has 0 unspecified atom stereocenters. The topological polar surface area (TPSA) is 55.8 Å². The number of ether oxygens (including phenoxy) is 2. The maximum Gasteiger partial charge on any atom is 0.293 e. The van der Waals surface area contributed by atoms with Crippen molar-refractivity contribution >= 4 is 12.4 Å². The lowest BCUT2D eigenvalue weighted by atomic mass is 9.60. The minimum absolute atomic E-state index is 0.0369. The summed E-state index contributed by atoms with van der Waals surface area (Å²) in [5.74, 6) is 0.286.